The predicted octanol–water partition coefficient (Wildman–Crippen LogP) is 3.08. The maximum absolute atomic E-state index is 4.40. The van der Waals surface area contributed by atoms with Crippen LogP contribution in [0, 0.1) is 14.9 Å². The second-order valence-electron chi connectivity index (χ2n) is 4.63. The molecule has 1 heterocycles. The lowest BCUT2D eigenvalue weighted by atomic mass is 9.82. The van der Waals surface area contributed by atoms with E-state index in [0.717, 1.165) is 12.3 Å². The summed E-state index contributed by atoms with van der Waals surface area (Å²) in [6.45, 7) is 7.71. The smallest absolute Gasteiger partial charge is 0.0623 e. The number of nitrogens with zero attached hydrogens (tertiary/aromatic N) is 2. The lowest BCUT2D eigenvalue weighted by Gasteiger charge is -2.29. The van der Waals surface area contributed by atoms with E-state index in [1.165, 1.54) is 3.57 Å². The van der Waals surface area contributed by atoms with Crippen LogP contribution in [0.4, 0.5) is 0 Å². The van der Waals surface area contributed by atoms with Gasteiger partial charge in [0, 0.05) is 12.7 Å². The molecule has 0 radical (unpaired) electrons. The molecule has 0 saturated carbocycles. The van der Waals surface area contributed by atoms with Crippen LogP contribution in [0.3, 0.4) is 0 Å². The highest BCUT2D eigenvalue weighted by atomic mass is 127. The molecule has 0 saturated heterocycles. The Balaban J connectivity index is 2.66. The van der Waals surface area contributed by atoms with Gasteiger partial charge in [-0.25, -0.2) is 0 Å². The topological polar surface area (TPSA) is 17.8 Å². The summed E-state index contributed by atoms with van der Waals surface area (Å²) in [5.41, 5.74) is 0.291. The summed E-state index contributed by atoms with van der Waals surface area (Å²) in [5.74, 6) is 1.46. The van der Waals surface area contributed by atoms with Gasteiger partial charge >= 0.3 is 0 Å². The standard InChI is InChI=1S/C10H17IN2S/c1-10(2,3)8(7-14)5-13-6-9(11)4-12-13/h4,6,8,14H,5,7H2,1-3H3. The molecule has 1 rings (SSSR count). The summed E-state index contributed by atoms with van der Waals surface area (Å²) in [6.07, 6.45) is 3.96. The molecule has 0 aromatic carbocycles. The normalized spacial score (nSPS) is 14.4. The third-order valence-electron chi connectivity index (χ3n) is 2.45. The molecule has 0 aliphatic heterocycles. The van der Waals surface area contributed by atoms with Crippen LogP contribution in [0.5, 0.6) is 0 Å². The van der Waals surface area contributed by atoms with Gasteiger partial charge in [-0.15, -0.1) is 0 Å². The quantitative estimate of drug-likeness (QED) is 0.668. The Labute approximate surface area is 105 Å². The van der Waals surface area contributed by atoms with Crippen LogP contribution >= 0.6 is 35.2 Å². The lowest BCUT2D eigenvalue weighted by Crippen LogP contribution is -2.26. The van der Waals surface area contributed by atoms with Crippen LogP contribution in [0.1, 0.15) is 20.8 Å². The van der Waals surface area contributed by atoms with Crippen molar-refractivity contribution in [2.24, 2.45) is 11.3 Å². The van der Waals surface area contributed by atoms with E-state index in [1.807, 2.05) is 10.9 Å². The van der Waals surface area contributed by atoms with Crippen LogP contribution in [0.25, 0.3) is 0 Å². The largest absolute Gasteiger partial charge is 0.271 e. The van der Waals surface area contributed by atoms with Crippen LogP contribution in [-0.4, -0.2) is 15.5 Å². The van der Waals surface area contributed by atoms with Gasteiger partial charge in [0.15, 0.2) is 0 Å². The van der Waals surface area contributed by atoms with Gasteiger partial charge in [0.25, 0.3) is 0 Å². The SMILES string of the molecule is CC(C)(C)C(CS)Cn1cc(I)cn1. The van der Waals surface area contributed by atoms with Gasteiger partial charge in [-0.2, -0.15) is 17.7 Å². The minimum atomic E-state index is 0.291. The van der Waals surface area contributed by atoms with Crippen LogP contribution in [0.2, 0.25) is 0 Å². The zero-order valence-corrected chi connectivity index (χ0v) is 11.9. The molecule has 1 atom stereocenters. The van der Waals surface area contributed by atoms with Gasteiger partial charge in [0.2, 0.25) is 0 Å². The minimum Gasteiger partial charge on any atom is -0.271 e. The average Bonchev–Trinajstić information content (AvgIpc) is 2.45. The highest BCUT2D eigenvalue weighted by Crippen LogP contribution is 2.28. The first kappa shape index (κ1) is 12.4. The van der Waals surface area contributed by atoms with E-state index in [9.17, 15) is 0 Å². The maximum Gasteiger partial charge on any atom is 0.0623 e. The molecule has 0 aliphatic carbocycles. The van der Waals surface area contributed by atoms with Gasteiger partial charge in [0.05, 0.1) is 9.77 Å². The van der Waals surface area contributed by atoms with Crippen molar-refractivity contribution in [1.29, 1.82) is 0 Å². The molecule has 80 valence electrons. The molecule has 1 aromatic heterocycles. The van der Waals surface area contributed by atoms with Gasteiger partial charge < -0.3 is 0 Å². The maximum atomic E-state index is 4.40. The highest BCUT2D eigenvalue weighted by molar-refractivity contribution is 14.1. The third-order valence-corrected chi connectivity index (χ3v) is 3.45. The third kappa shape index (κ3) is 3.46. The Morgan fingerprint density at radius 3 is 2.57 bits per heavy atom. The van der Waals surface area contributed by atoms with Crippen molar-refractivity contribution in [3.05, 3.63) is 16.0 Å². The second kappa shape index (κ2) is 4.88. The molecule has 0 aliphatic rings. The number of rotatable bonds is 3. The molecule has 2 nitrogen and oxygen atoms in total. The van der Waals surface area contributed by atoms with E-state index in [2.05, 4.69) is 67.3 Å². The minimum absolute atomic E-state index is 0.291. The first-order valence-corrected chi connectivity index (χ1v) is 6.43. The molecule has 1 aromatic rings. The van der Waals surface area contributed by atoms with Gasteiger partial charge in [0.1, 0.15) is 0 Å². The van der Waals surface area contributed by atoms with Crippen LogP contribution < -0.4 is 0 Å². The molecule has 0 N–H and O–H groups in total. The number of hydrogen-bond acceptors (Lipinski definition) is 2. The molecule has 14 heavy (non-hydrogen) atoms. The van der Waals surface area contributed by atoms with Crippen LogP contribution in [-0.2, 0) is 6.54 Å². The molecule has 0 spiro atoms. The molecular formula is C10H17IN2S. The number of thiol groups is 1. The summed E-state index contributed by atoms with van der Waals surface area (Å²) in [7, 11) is 0. The summed E-state index contributed by atoms with van der Waals surface area (Å²) >= 11 is 6.68. The van der Waals surface area contributed by atoms with Crippen molar-refractivity contribution in [2.75, 3.05) is 5.75 Å². The molecule has 4 heteroatoms. The molecule has 0 amide bonds. The lowest BCUT2D eigenvalue weighted by molar-refractivity contribution is 0.231. The fourth-order valence-electron chi connectivity index (χ4n) is 1.27. The number of hydrogen-bond donors (Lipinski definition) is 1. The Morgan fingerprint density at radius 1 is 1.57 bits per heavy atom. The van der Waals surface area contributed by atoms with E-state index in [0.29, 0.717) is 11.3 Å². The monoisotopic (exact) mass is 324 g/mol. The van der Waals surface area contributed by atoms with E-state index in [-0.39, 0.29) is 0 Å². The van der Waals surface area contributed by atoms with Gasteiger partial charge in [-0.3, -0.25) is 4.68 Å². The van der Waals surface area contributed by atoms with Crippen molar-refractivity contribution in [3.63, 3.8) is 0 Å². The van der Waals surface area contributed by atoms with Crippen molar-refractivity contribution in [1.82, 2.24) is 9.78 Å². The fourth-order valence-corrected chi connectivity index (χ4v) is 2.38. The van der Waals surface area contributed by atoms with E-state index in [4.69, 9.17) is 0 Å². The summed E-state index contributed by atoms with van der Waals surface area (Å²) in [6, 6.07) is 0. The average molecular weight is 324 g/mol. The summed E-state index contributed by atoms with van der Waals surface area (Å²) in [4.78, 5) is 0. The highest BCUT2D eigenvalue weighted by Gasteiger charge is 2.23. The number of halogens is 1. The molecular weight excluding hydrogens is 307 g/mol. The molecule has 0 bridgehead atoms. The molecule has 0 fully saturated rings. The summed E-state index contributed by atoms with van der Waals surface area (Å²) < 4.78 is 3.20. The zero-order chi connectivity index (χ0) is 10.8. The second-order valence-corrected chi connectivity index (χ2v) is 6.24. The zero-order valence-electron chi connectivity index (χ0n) is 8.87. The first-order valence-electron chi connectivity index (χ1n) is 4.72. The van der Waals surface area contributed by atoms with E-state index >= 15 is 0 Å². The predicted molar refractivity (Wildman–Crippen MR) is 71.7 cm³/mol. The van der Waals surface area contributed by atoms with Gasteiger partial charge in [-0.1, -0.05) is 20.8 Å². The Morgan fingerprint density at radius 2 is 2.21 bits per heavy atom. The molecule has 1 unspecified atom stereocenters. The van der Waals surface area contributed by atoms with Crippen LogP contribution in [0.15, 0.2) is 12.4 Å². The van der Waals surface area contributed by atoms with E-state index in [1.54, 1.807) is 0 Å². The number of aromatic nitrogens is 2. The van der Waals surface area contributed by atoms with Crippen molar-refractivity contribution in [2.45, 2.75) is 27.3 Å². The Kier molecular flexibility index (Phi) is 4.30. The van der Waals surface area contributed by atoms with Crippen molar-refractivity contribution in [3.8, 4) is 0 Å². The van der Waals surface area contributed by atoms with Crippen molar-refractivity contribution < 1.29 is 0 Å². The fraction of sp³-hybridized carbons (Fsp3) is 0.700. The van der Waals surface area contributed by atoms with Crippen molar-refractivity contribution >= 4 is 35.2 Å². The van der Waals surface area contributed by atoms with E-state index < -0.39 is 0 Å². The summed E-state index contributed by atoms with van der Waals surface area (Å²) in [5, 5.41) is 4.29. The Hall–Kier alpha value is 0.290. The Bertz CT molecular complexity index is 291. The first-order chi connectivity index (χ1) is 6.43. The van der Waals surface area contributed by atoms with Gasteiger partial charge in [-0.05, 0) is 39.7 Å².